The first-order valence-corrected chi connectivity index (χ1v) is 12.1. The number of nitrogens with one attached hydrogen (secondary N) is 2. The molecular formula is C19H31ClFIN4O2S. The Kier molecular flexibility index (Phi) is 11.7. The largest absolute Gasteiger partial charge is 0.357 e. The van der Waals surface area contributed by atoms with Crippen LogP contribution in [0.3, 0.4) is 0 Å². The molecule has 2 N–H and O–H groups in total. The number of nitrogens with zero attached hydrogens (tertiary/aromatic N) is 2. The quantitative estimate of drug-likeness (QED) is 0.291. The molecule has 29 heavy (non-hydrogen) atoms. The third-order valence-corrected chi connectivity index (χ3v) is 5.99. The predicted octanol–water partition coefficient (Wildman–Crippen LogP) is 2.70. The summed E-state index contributed by atoms with van der Waals surface area (Å²) in [5.41, 5.74) is 0.877. The minimum Gasteiger partial charge on any atom is -0.357 e. The lowest BCUT2D eigenvalue weighted by atomic mass is 10.1. The van der Waals surface area contributed by atoms with Crippen LogP contribution in [0.5, 0.6) is 0 Å². The van der Waals surface area contributed by atoms with Crippen LogP contribution in [0, 0.1) is 5.82 Å². The second kappa shape index (κ2) is 12.9. The molecule has 1 aliphatic rings. The molecule has 1 aliphatic heterocycles. The molecule has 1 saturated heterocycles. The Labute approximate surface area is 195 Å². The van der Waals surface area contributed by atoms with Gasteiger partial charge >= 0.3 is 0 Å². The maximum absolute atomic E-state index is 13.1. The van der Waals surface area contributed by atoms with Crippen LogP contribution in [-0.2, 0) is 16.3 Å². The molecule has 0 aliphatic carbocycles. The second-order valence-corrected chi connectivity index (χ2v) is 9.80. The summed E-state index contributed by atoms with van der Waals surface area (Å²) >= 11 is 6.07. The van der Waals surface area contributed by atoms with E-state index in [9.17, 15) is 12.8 Å². The fourth-order valence-corrected chi connectivity index (χ4v) is 3.97. The molecule has 0 aromatic heterocycles. The maximum Gasteiger partial charge on any atom is 0.191 e. The topological polar surface area (TPSA) is 73.8 Å². The molecule has 1 heterocycles. The Morgan fingerprint density at radius 3 is 2.62 bits per heavy atom. The Bertz CT molecular complexity index is 771. The molecule has 6 nitrogen and oxygen atoms in total. The predicted molar refractivity (Wildman–Crippen MR) is 129 cm³/mol. The van der Waals surface area contributed by atoms with Gasteiger partial charge in [0.15, 0.2) is 5.96 Å². The van der Waals surface area contributed by atoms with Gasteiger partial charge in [0.1, 0.15) is 15.7 Å². The van der Waals surface area contributed by atoms with Crippen molar-refractivity contribution in [3.8, 4) is 0 Å². The second-order valence-electron chi connectivity index (χ2n) is 7.14. The van der Waals surface area contributed by atoms with E-state index in [1.807, 2.05) is 6.92 Å². The van der Waals surface area contributed by atoms with E-state index < -0.39 is 9.84 Å². The van der Waals surface area contributed by atoms with Crippen LogP contribution in [0.1, 0.15) is 25.3 Å². The third-order valence-electron chi connectivity index (χ3n) is 4.72. The van der Waals surface area contributed by atoms with Crippen molar-refractivity contribution in [2.45, 2.75) is 32.2 Å². The van der Waals surface area contributed by atoms with Crippen LogP contribution in [0.2, 0.25) is 5.02 Å². The highest BCUT2D eigenvalue weighted by atomic mass is 127. The molecular weight excluding hydrogens is 530 g/mol. The maximum atomic E-state index is 13.1. The molecule has 0 radical (unpaired) electrons. The zero-order chi connectivity index (χ0) is 20.6. The van der Waals surface area contributed by atoms with Gasteiger partial charge in [0.2, 0.25) is 0 Å². The first-order chi connectivity index (χ1) is 13.3. The Hall–Kier alpha value is -0.650. The van der Waals surface area contributed by atoms with Crippen molar-refractivity contribution < 1.29 is 12.8 Å². The van der Waals surface area contributed by atoms with Gasteiger partial charge in [0.05, 0.1) is 5.75 Å². The van der Waals surface area contributed by atoms with Gasteiger partial charge in [-0.25, -0.2) is 12.8 Å². The number of guanidine groups is 1. The van der Waals surface area contributed by atoms with Gasteiger partial charge in [-0.1, -0.05) is 17.7 Å². The first kappa shape index (κ1) is 26.4. The van der Waals surface area contributed by atoms with Crippen molar-refractivity contribution in [2.24, 2.45) is 4.99 Å². The van der Waals surface area contributed by atoms with Gasteiger partial charge < -0.3 is 15.5 Å². The van der Waals surface area contributed by atoms with E-state index in [0.29, 0.717) is 30.6 Å². The highest BCUT2D eigenvalue weighted by Gasteiger charge is 2.20. The third kappa shape index (κ3) is 10.3. The van der Waals surface area contributed by atoms with E-state index in [0.717, 1.165) is 44.0 Å². The molecule has 1 aromatic rings. The highest BCUT2D eigenvalue weighted by Crippen LogP contribution is 2.17. The van der Waals surface area contributed by atoms with Crippen LogP contribution >= 0.6 is 35.6 Å². The molecule has 1 fully saturated rings. The van der Waals surface area contributed by atoms with Gasteiger partial charge in [0.25, 0.3) is 0 Å². The van der Waals surface area contributed by atoms with Crippen LogP contribution < -0.4 is 10.6 Å². The van der Waals surface area contributed by atoms with Crippen molar-refractivity contribution in [1.29, 1.82) is 0 Å². The zero-order valence-electron chi connectivity index (χ0n) is 17.0. The van der Waals surface area contributed by atoms with Crippen LogP contribution in [0.15, 0.2) is 23.2 Å². The van der Waals surface area contributed by atoms with E-state index in [2.05, 4.69) is 20.5 Å². The number of piperidine rings is 1. The smallest absolute Gasteiger partial charge is 0.191 e. The van der Waals surface area contributed by atoms with Gasteiger partial charge in [0, 0.05) is 50.0 Å². The number of hydrogen-bond donors (Lipinski definition) is 2. The molecule has 0 saturated carbocycles. The molecule has 10 heteroatoms. The lowest BCUT2D eigenvalue weighted by Gasteiger charge is -2.32. The van der Waals surface area contributed by atoms with E-state index >= 15 is 0 Å². The number of halogens is 3. The van der Waals surface area contributed by atoms with Crippen molar-refractivity contribution >= 4 is 51.4 Å². The minimum atomic E-state index is -2.92. The number of rotatable bonds is 8. The van der Waals surface area contributed by atoms with Gasteiger partial charge in [-0.2, -0.15) is 0 Å². The van der Waals surface area contributed by atoms with E-state index in [1.165, 1.54) is 18.4 Å². The van der Waals surface area contributed by atoms with Gasteiger partial charge in [-0.3, -0.25) is 4.99 Å². The van der Waals surface area contributed by atoms with Crippen molar-refractivity contribution in [3.05, 3.63) is 34.6 Å². The molecule has 1 aromatic carbocycles. The summed E-state index contributed by atoms with van der Waals surface area (Å²) in [7, 11) is -2.92. The number of sulfone groups is 1. The molecule has 0 spiro atoms. The first-order valence-electron chi connectivity index (χ1n) is 9.65. The summed E-state index contributed by atoms with van der Waals surface area (Å²) in [5, 5.41) is 7.14. The van der Waals surface area contributed by atoms with Crippen LogP contribution in [0.25, 0.3) is 0 Å². The lowest BCUT2D eigenvalue weighted by molar-refractivity contribution is 0.216. The van der Waals surface area contributed by atoms with E-state index in [1.54, 1.807) is 6.07 Å². The van der Waals surface area contributed by atoms with Crippen molar-refractivity contribution in [2.75, 3.05) is 44.7 Å². The average molecular weight is 561 g/mol. The molecule has 0 atom stereocenters. The Morgan fingerprint density at radius 1 is 1.34 bits per heavy atom. The van der Waals surface area contributed by atoms with Crippen molar-refractivity contribution in [3.63, 3.8) is 0 Å². The minimum absolute atomic E-state index is 0. The van der Waals surface area contributed by atoms with Crippen molar-refractivity contribution in [1.82, 2.24) is 15.5 Å². The zero-order valence-corrected chi connectivity index (χ0v) is 20.9. The lowest BCUT2D eigenvalue weighted by Crippen LogP contribution is -2.49. The highest BCUT2D eigenvalue weighted by molar-refractivity contribution is 14.0. The summed E-state index contributed by atoms with van der Waals surface area (Å²) in [4.78, 5) is 6.80. The average Bonchev–Trinajstić information content (AvgIpc) is 2.62. The molecule has 0 amide bonds. The fraction of sp³-hybridized carbons (Fsp3) is 0.632. The summed E-state index contributed by atoms with van der Waals surface area (Å²) < 4.78 is 35.7. The number of aliphatic imine (C=N–C) groups is 1. The molecule has 0 bridgehead atoms. The van der Waals surface area contributed by atoms with E-state index in [4.69, 9.17) is 11.6 Å². The van der Waals surface area contributed by atoms with Crippen LogP contribution in [-0.4, -0.2) is 70.1 Å². The molecule has 0 unspecified atom stereocenters. The summed E-state index contributed by atoms with van der Waals surface area (Å²) in [6, 6.07) is 4.73. The molecule has 166 valence electrons. The monoisotopic (exact) mass is 560 g/mol. The van der Waals surface area contributed by atoms with Gasteiger partial charge in [-0.05, 0) is 43.9 Å². The Morgan fingerprint density at radius 2 is 2.03 bits per heavy atom. The fourth-order valence-electron chi connectivity index (χ4n) is 3.12. The Balaban J connectivity index is 0.00000420. The summed E-state index contributed by atoms with van der Waals surface area (Å²) in [6.07, 6.45) is 3.80. The standard InChI is InChI=1S/C19H30ClFN4O2S.HI/c1-3-22-19(23-9-6-15-4-5-16(21)14-18(15)20)24-17-7-10-25(11-8-17)12-13-28(2,26)27;/h4-5,14,17H,3,6-13H2,1-2H3,(H2,22,23,24);1H. The number of benzene rings is 1. The van der Waals surface area contributed by atoms with E-state index in [-0.39, 0.29) is 35.5 Å². The summed E-state index contributed by atoms with van der Waals surface area (Å²) in [5.74, 6) is 0.631. The SMILES string of the molecule is CCNC(=NCCc1ccc(F)cc1Cl)NC1CCN(CCS(C)(=O)=O)CC1.I. The number of hydrogen-bond acceptors (Lipinski definition) is 4. The summed E-state index contributed by atoms with van der Waals surface area (Å²) in [6.45, 7) is 5.67. The van der Waals surface area contributed by atoms with Gasteiger partial charge in [-0.15, -0.1) is 24.0 Å². The van der Waals surface area contributed by atoms with Crippen LogP contribution in [0.4, 0.5) is 4.39 Å². The normalized spacial score (nSPS) is 16.3. The molecule has 2 rings (SSSR count). The number of likely N-dealkylation sites (tertiary alicyclic amines) is 1.